The molecule has 3 aromatic rings. The minimum Gasteiger partial charge on any atom is -0.493 e. The molecule has 1 aliphatic rings. The number of urea groups is 1. The summed E-state index contributed by atoms with van der Waals surface area (Å²) in [5.41, 5.74) is 1.98. The van der Waals surface area contributed by atoms with Gasteiger partial charge in [-0.2, -0.15) is 0 Å². The summed E-state index contributed by atoms with van der Waals surface area (Å²) in [4.78, 5) is 25.0. The molecule has 0 atom stereocenters. The van der Waals surface area contributed by atoms with E-state index in [0.717, 1.165) is 62.6 Å². The third-order valence-electron chi connectivity index (χ3n) is 6.92. The Morgan fingerprint density at radius 1 is 0.952 bits per heavy atom. The Kier molecular flexibility index (Phi) is 11.0. The molecular weight excluding hydrogens is 539 g/mol. The third-order valence-corrected chi connectivity index (χ3v) is 6.92. The lowest BCUT2D eigenvalue weighted by molar-refractivity contribution is 0.102. The van der Waals surface area contributed by atoms with Crippen molar-refractivity contribution < 1.29 is 28.2 Å². The number of benzene rings is 3. The molecule has 0 aromatic heterocycles. The summed E-state index contributed by atoms with van der Waals surface area (Å²) in [6.45, 7) is 6.41. The van der Waals surface area contributed by atoms with Gasteiger partial charge >= 0.3 is 6.03 Å². The van der Waals surface area contributed by atoms with Crippen molar-refractivity contribution >= 4 is 23.3 Å². The van der Waals surface area contributed by atoms with Gasteiger partial charge in [-0.05, 0) is 87.3 Å². The summed E-state index contributed by atoms with van der Waals surface area (Å²) < 4.78 is 32.1. The lowest BCUT2D eigenvalue weighted by Crippen LogP contribution is -2.34. The van der Waals surface area contributed by atoms with E-state index < -0.39 is 11.8 Å². The van der Waals surface area contributed by atoms with E-state index in [1.165, 1.54) is 13.2 Å². The van der Waals surface area contributed by atoms with Gasteiger partial charge in [-0.3, -0.25) is 4.79 Å². The van der Waals surface area contributed by atoms with Crippen molar-refractivity contribution in [1.82, 2.24) is 10.6 Å². The van der Waals surface area contributed by atoms with Gasteiger partial charge in [0.25, 0.3) is 5.91 Å². The van der Waals surface area contributed by atoms with Gasteiger partial charge in [-0.1, -0.05) is 19.8 Å². The fourth-order valence-electron chi connectivity index (χ4n) is 4.57. The van der Waals surface area contributed by atoms with Gasteiger partial charge in [0.15, 0.2) is 17.3 Å². The normalized spacial score (nSPS) is 13.2. The highest BCUT2D eigenvalue weighted by molar-refractivity contribution is 6.04. The zero-order valence-corrected chi connectivity index (χ0v) is 24.3. The van der Waals surface area contributed by atoms with Crippen molar-refractivity contribution in [3.05, 3.63) is 71.5 Å². The maximum absolute atomic E-state index is 14.8. The largest absolute Gasteiger partial charge is 0.493 e. The number of aryl methyl sites for hydroxylation is 1. The van der Waals surface area contributed by atoms with Crippen molar-refractivity contribution in [3.8, 4) is 23.0 Å². The van der Waals surface area contributed by atoms with Crippen LogP contribution in [0, 0.1) is 12.7 Å². The molecule has 4 rings (SSSR count). The van der Waals surface area contributed by atoms with Gasteiger partial charge in [0, 0.05) is 29.9 Å². The molecular formula is C32H39FN4O5. The van der Waals surface area contributed by atoms with Gasteiger partial charge in [0.1, 0.15) is 17.6 Å². The van der Waals surface area contributed by atoms with E-state index in [2.05, 4.69) is 28.2 Å². The van der Waals surface area contributed by atoms with Crippen molar-refractivity contribution in [3.63, 3.8) is 0 Å². The van der Waals surface area contributed by atoms with Crippen molar-refractivity contribution in [1.29, 1.82) is 0 Å². The van der Waals surface area contributed by atoms with Crippen molar-refractivity contribution in [2.75, 3.05) is 37.4 Å². The minimum absolute atomic E-state index is 0.0219. The van der Waals surface area contributed by atoms with Crippen LogP contribution >= 0.6 is 0 Å². The molecule has 3 amide bonds. The first-order chi connectivity index (χ1) is 20.4. The number of halogens is 1. The predicted octanol–water partition coefficient (Wildman–Crippen LogP) is 6.63. The Hall–Kier alpha value is -4.31. The van der Waals surface area contributed by atoms with Crippen LogP contribution in [-0.2, 0) is 0 Å². The first-order valence-corrected chi connectivity index (χ1v) is 14.4. The molecule has 42 heavy (non-hydrogen) atoms. The summed E-state index contributed by atoms with van der Waals surface area (Å²) in [6.07, 6.45) is 5.00. The van der Waals surface area contributed by atoms with E-state index in [1.54, 1.807) is 30.3 Å². The fraction of sp³-hybridized carbons (Fsp3) is 0.375. The molecule has 1 heterocycles. The number of carbonyl (C=O) groups excluding carboxylic acids is 2. The maximum atomic E-state index is 14.8. The van der Waals surface area contributed by atoms with E-state index in [9.17, 15) is 14.0 Å². The Morgan fingerprint density at radius 2 is 1.71 bits per heavy atom. The van der Waals surface area contributed by atoms with Crippen LogP contribution in [0.5, 0.6) is 23.0 Å². The molecule has 0 spiro atoms. The number of methoxy groups -OCH3 is 1. The summed E-state index contributed by atoms with van der Waals surface area (Å²) in [7, 11) is 1.43. The maximum Gasteiger partial charge on any atom is 0.319 e. The van der Waals surface area contributed by atoms with Gasteiger partial charge < -0.3 is 35.5 Å². The van der Waals surface area contributed by atoms with E-state index in [0.29, 0.717) is 23.5 Å². The van der Waals surface area contributed by atoms with Crippen LogP contribution < -0.4 is 35.5 Å². The lowest BCUT2D eigenvalue weighted by atomic mass is 10.1. The molecule has 0 aliphatic carbocycles. The van der Waals surface area contributed by atoms with Crippen LogP contribution in [-0.4, -0.2) is 44.8 Å². The van der Waals surface area contributed by atoms with Crippen LogP contribution in [0.3, 0.4) is 0 Å². The molecule has 1 saturated heterocycles. The number of nitrogens with one attached hydrogen (secondary N) is 4. The highest BCUT2D eigenvalue weighted by Gasteiger charge is 2.17. The summed E-state index contributed by atoms with van der Waals surface area (Å²) in [5, 5.41) is 11.4. The number of hydrogen-bond acceptors (Lipinski definition) is 6. The number of carbonyl (C=O) groups is 2. The molecule has 0 unspecified atom stereocenters. The average molecular weight is 579 g/mol. The van der Waals surface area contributed by atoms with Crippen LogP contribution in [0.2, 0.25) is 0 Å². The average Bonchev–Trinajstić information content (AvgIpc) is 2.99. The fourth-order valence-corrected chi connectivity index (χ4v) is 4.57. The lowest BCUT2D eigenvalue weighted by Gasteiger charge is -2.24. The van der Waals surface area contributed by atoms with Crippen LogP contribution in [0.4, 0.5) is 20.6 Å². The quantitative estimate of drug-likeness (QED) is 0.180. The second-order valence-electron chi connectivity index (χ2n) is 10.2. The molecule has 9 nitrogen and oxygen atoms in total. The Labute approximate surface area is 246 Å². The van der Waals surface area contributed by atoms with Gasteiger partial charge in [-0.15, -0.1) is 0 Å². The van der Waals surface area contributed by atoms with Gasteiger partial charge in [0.05, 0.1) is 12.8 Å². The zero-order valence-electron chi connectivity index (χ0n) is 24.3. The van der Waals surface area contributed by atoms with Crippen LogP contribution in [0.15, 0.2) is 54.6 Å². The topological polar surface area (TPSA) is 110 Å². The SMILES string of the molecule is CCCCCNC(=O)Nc1cc(OC)c(Oc2ccc(NC(=O)c3ccc(OC4CCNCC4)c(C)c3)cc2)cc1F. The van der Waals surface area contributed by atoms with E-state index >= 15 is 0 Å². The molecule has 0 radical (unpaired) electrons. The van der Waals surface area contributed by atoms with Crippen LogP contribution in [0.25, 0.3) is 0 Å². The molecule has 4 N–H and O–H groups in total. The number of hydrogen-bond donors (Lipinski definition) is 4. The number of anilines is 2. The minimum atomic E-state index is -0.666. The first kappa shape index (κ1) is 30.6. The second kappa shape index (κ2) is 15.1. The van der Waals surface area contributed by atoms with E-state index in [1.807, 2.05) is 19.1 Å². The smallest absolute Gasteiger partial charge is 0.319 e. The second-order valence-corrected chi connectivity index (χ2v) is 10.2. The van der Waals surface area contributed by atoms with E-state index in [4.69, 9.17) is 14.2 Å². The Balaban J connectivity index is 1.34. The number of piperidine rings is 1. The molecule has 10 heteroatoms. The Morgan fingerprint density at radius 3 is 2.40 bits per heavy atom. The molecule has 1 aliphatic heterocycles. The Bertz CT molecular complexity index is 1360. The van der Waals surface area contributed by atoms with Crippen molar-refractivity contribution in [2.45, 2.75) is 52.1 Å². The standard InChI is InChI=1S/C32H39FN4O5/c1-4-5-6-15-35-32(39)37-27-20-29(40-3)30(19-26(27)33)42-24-10-8-23(9-11-24)36-31(38)22-7-12-28(21(2)18-22)41-25-13-16-34-17-14-25/h7-12,18-20,25,34H,4-6,13-17H2,1-3H3,(H,36,38)(H2,35,37,39). The first-order valence-electron chi connectivity index (χ1n) is 14.4. The van der Waals surface area contributed by atoms with Gasteiger partial charge in [-0.25, -0.2) is 9.18 Å². The van der Waals surface area contributed by atoms with E-state index in [-0.39, 0.29) is 29.2 Å². The number of rotatable bonds is 12. The summed E-state index contributed by atoms with van der Waals surface area (Å²) >= 11 is 0. The third kappa shape index (κ3) is 8.59. The van der Waals surface area contributed by atoms with Gasteiger partial charge in [0.2, 0.25) is 0 Å². The summed E-state index contributed by atoms with van der Waals surface area (Å²) in [6, 6.07) is 14.1. The molecule has 0 saturated carbocycles. The zero-order chi connectivity index (χ0) is 29.9. The molecule has 0 bridgehead atoms. The summed E-state index contributed by atoms with van der Waals surface area (Å²) in [5.74, 6) is 0.680. The highest BCUT2D eigenvalue weighted by Crippen LogP contribution is 2.36. The van der Waals surface area contributed by atoms with Crippen molar-refractivity contribution in [2.24, 2.45) is 0 Å². The monoisotopic (exact) mass is 578 g/mol. The number of amides is 3. The predicted molar refractivity (Wildman–Crippen MR) is 162 cm³/mol. The molecule has 1 fully saturated rings. The number of unbranched alkanes of at least 4 members (excludes halogenated alkanes) is 2. The number of ether oxygens (including phenoxy) is 3. The molecule has 224 valence electrons. The van der Waals surface area contributed by atoms with Crippen LogP contribution in [0.1, 0.15) is 54.9 Å². The molecule has 3 aromatic carbocycles. The highest BCUT2D eigenvalue weighted by atomic mass is 19.1.